The first-order valence-corrected chi connectivity index (χ1v) is 5.68. The molecule has 2 amide bonds. The number of nitrogens with zero attached hydrogens (tertiary/aromatic N) is 1. The SMILES string of the molecule is C=CCC(NC(=O)Nc1ncc(C)s1)C(=O)O. The minimum absolute atomic E-state index is 0.166. The first-order chi connectivity index (χ1) is 8.02. The molecule has 0 spiro atoms. The summed E-state index contributed by atoms with van der Waals surface area (Å²) < 4.78 is 0. The lowest BCUT2D eigenvalue weighted by Crippen LogP contribution is -2.42. The Balaban J connectivity index is 2.53. The number of hydrogen-bond acceptors (Lipinski definition) is 4. The van der Waals surface area contributed by atoms with Crippen molar-refractivity contribution in [3.63, 3.8) is 0 Å². The second kappa shape index (κ2) is 6.00. The van der Waals surface area contributed by atoms with Crippen LogP contribution in [0, 0.1) is 6.92 Å². The van der Waals surface area contributed by atoms with E-state index in [0.717, 1.165) is 4.88 Å². The lowest BCUT2D eigenvalue weighted by atomic mass is 10.2. The molecule has 1 atom stereocenters. The summed E-state index contributed by atoms with van der Waals surface area (Å²) >= 11 is 1.31. The predicted octanol–water partition coefficient (Wildman–Crippen LogP) is 1.60. The van der Waals surface area contributed by atoms with E-state index >= 15 is 0 Å². The first-order valence-electron chi connectivity index (χ1n) is 4.86. The Morgan fingerprint density at radius 3 is 2.88 bits per heavy atom. The maximum atomic E-state index is 11.5. The zero-order chi connectivity index (χ0) is 12.8. The summed E-state index contributed by atoms with van der Waals surface area (Å²) in [7, 11) is 0. The highest BCUT2D eigenvalue weighted by Gasteiger charge is 2.18. The Bertz CT molecular complexity index is 430. The topological polar surface area (TPSA) is 91.3 Å². The zero-order valence-corrected chi connectivity index (χ0v) is 10.1. The number of carbonyl (C=O) groups is 2. The first kappa shape index (κ1) is 13.2. The van der Waals surface area contributed by atoms with E-state index in [0.29, 0.717) is 5.13 Å². The molecular weight excluding hydrogens is 242 g/mol. The molecule has 6 nitrogen and oxygen atoms in total. The van der Waals surface area contributed by atoms with Crippen LogP contribution in [0.5, 0.6) is 0 Å². The summed E-state index contributed by atoms with van der Waals surface area (Å²) in [6.07, 6.45) is 3.23. The summed E-state index contributed by atoms with van der Waals surface area (Å²) in [5, 5.41) is 14.0. The van der Waals surface area contributed by atoms with Crippen molar-refractivity contribution in [3.05, 3.63) is 23.7 Å². The smallest absolute Gasteiger partial charge is 0.326 e. The van der Waals surface area contributed by atoms with Gasteiger partial charge < -0.3 is 10.4 Å². The van der Waals surface area contributed by atoms with E-state index in [-0.39, 0.29) is 6.42 Å². The molecule has 0 fully saturated rings. The van der Waals surface area contributed by atoms with Crippen LogP contribution in [0.15, 0.2) is 18.9 Å². The number of hydrogen-bond donors (Lipinski definition) is 3. The van der Waals surface area contributed by atoms with E-state index in [2.05, 4.69) is 22.2 Å². The van der Waals surface area contributed by atoms with E-state index in [1.54, 1.807) is 6.20 Å². The largest absolute Gasteiger partial charge is 0.480 e. The average molecular weight is 255 g/mol. The van der Waals surface area contributed by atoms with Gasteiger partial charge in [-0.25, -0.2) is 14.6 Å². The van der Waals surface area contributed by atoms with Gasteiger partial charge in [0, 0.05) is 11.1 Å². The van der Waals surface area contributed by atoms with Gasteiger partial charge in [-0.15, -0.1) is 17.9 Å². The van der Waals surface area contributed by atoms with E-state index in [4.69, 9.17) is 5.11 Å². The van der Waals surface area contributed by atoms with Crippen molar-refractivity contribution in [1.82, 2.24) is 10.3 Å². The summed E-state index contributed by atoms with van der Waals surface area (Å²) in [5.41, 5.74) is 0. The Labute approximate surface area is 102 Å². The minimum Gasteiger partial charge on any atom is -0.480 e. The number of carbonyl (C=O) groups excluding carboxylic acids is 1. The molecule has 92 valence electrons. The second-order valence-electron chi connectivity index (χ2n) is 3.29. The number of aromatic nitrogens is 1. The molecule has 0 bridgehead atoms. The lowest BCUT2D eigenvalue weighted by molar-refractivity contribution is -0.139. The monoisotopic (exact) mass is 255 g/mol. The van der Waals surface area contributed by atoms with Crippen LogP contribution >= 0.6 is 11.3 Å². The van der Waals surface area contributed by atoms with Gasteiger partial charge in [-0.05, 0) is 13.3 Å². The number of rotatable bonds is 5. The number of aliphatic carboxylic acids is 1. The molecule has 0 radical (unpaired) electrons. The van der Waals surface area contributed by atoms with Crippen LogP contribution in [-0.4, -0.2) is 28.1 Å². The maximum absolute atomic E-state index is 11.5. The molecule has 0 aromatic carbocycles. The standard InChI is InChI=1S/C10H13N3O3S/c1-3-4-7(8(14)15)12-9(16)13-10-11-5-6(2)17-10/h3,5,7H,1,4H2,2H3,(H,14,15)(H2,11,12,13,16). The van der Waals surface area contributed by atoms with E-state index < -0.39 is 18.0 Å². The van der Waals surface area contributed by atoms with Gasteiger partial charge >= 0.3 is 12.0 Å². The number of carboxylic acids is 1. The maximum Gasteiger partial charge on any atom is 0.326 e. The van der Waals surface area contributed by atoms with Gasteiger partial charge in [0.05, 0.1) is 0 Å². The van der Waals surface area contributed by atoms with Gasteiger partial charge in [0.15, 0.2) is 5.13 Å². The Morgan fingerprint density at radius 1 is 1.71 bits per heavy atom. The van der Waals surface area contributed by atoms with Crippen molar-refractivity contribution in [2.45, 2.75) is 19.4 Å². The fourth-order valence-electron chi connectivity index (χ4n) is 1.09. The minimum atomic E-state index is -1.10. The van der Waals surface area contributed by atoms with E-state index in [1.165, 1.54) is 17.4 Å². The summed E-state index contributed by atoms with van der Waals surface area (Å²) in [6.45, 7) is 5.29. The molecule has 1 unspecified atom stereocenters. The third-order valence-corrected chi connectivity index (χ3v) is 2.68. The van der Waals surface area contributed by atoms with Crippen LogP contribution in [0.25, 0.3) is 0 Å². The van der Waals surface area contributed by atoms with Crippen molar-refractivity contribution in [2.75, 3.05) is 5.32 Å². The van der Waals surface area contributed by atoms with Gasteiger partial charge in [0.1, 0.15) is 6.04 Å². The zero-order valence-electron chi connectivity index (χ0n) is 9.27. The highest BCUT2D eigenvalue weighted by molar-refractivity contribution is 7.15. The molecule has 1 rings (SSSR count). The van der Waals surface area contributed by atoms with Crippen LogP contribution in [0.1, 0.15) is 11.3 Å². The van der Waals surface area contributed by atoms with Crippen LogP contribution < -0.4 is 10.6 Å². The van der Waals surface area contributed by atoms with E-state index in [1.807, 2.05) is 6.92 Å². The number of urea groups is 1. The quantitative estimate of drug-likeness (QED) is 0.697. The average Bonchev–Trinajstić information content (AvgIpc) is 2.63. The number of amides is 2. The predicted molar refractivity (Wildman–Crippen MR) is 65.2 cm³/mol. The van der Waals surface area contributed by atoms with Gasteiger partial charge in [0.25, 0.3) is 0 Å². The number of anilines is 1. The van der Waals surface area contributed by atoms with Crippen LogP contribution in [-0.2, 0) is 4.79 Å². The fraction of sp³-hybridized carbons (Fsp3) is 0.300. The van der Waals surface area contributed by atoms with Crippen molar-refractivity contribution < 1.29 is 14.7 Å². The van der Waals surface area contributed by atoms with Crippen molar-refractivity contribution in [2.24, 2.45) is 0 Å². The molecule has 3 N–H and O–H groups in total. The molecule has 0 aliphatic rings. The number of carboxylic acid groups (broad SMARTS) is 1. The molecule has 7 heteroatoms. The lowest BCUT2D eigenvalue weighted by Gasteiger charge is -2.12. The number of thiazole rings is 1. The molecule has 0 saturated carbocycles. The summed E-state index contributed by atoms with van der Waals surface area (Å²) in [5.74, 6) is -1.10. The summed E-state index contributed by atoms with van der Waals surface area (Å²) in [4.78, 5) is 27.1. The second-order valence-corrected chi connectivity index (χ2v) is 4.52. The molecule has 0 aliphatic carbocycles. The molecule has 17 heavy (non-hydrogen) atoms. The highest BCUT2D eigenvalue weighted by Crippen LogP contribution is 2.16. The Morgan fingerprint density at radius 2 is 2.41 bits per heavy atom. The van der Waals surface area contributed by atoms with Crippen molar-refractivity contribution >= 4 is 28.5 Å². The molecule has 1 heterocycles. The molecule has 0 saturated heterocycles. The van der Waals surface area contributed by atoms with Crippen LogP contribution in [0.4, 0.5) is 9.93 Å². The normalized spacial score (nSPS) is 11.6. The third-order valence-electron chi connectivity index (χ3n) is 1.85. The van der Waals surface area contributed by atoms with Crippen LogP contribution in [0.3, 0.4) is 0 Å². The van der Waals surface area contributed by atoms with Crippen molar-refractivity contribution in [1.29, 1.82) is 0 Å². The van der Waals surface area contributed by atoms with Crippen LogP contribution in [0.2, 0.25) is 0 Å². The Hall–Kier alpha value is -1.89. The van der Waals surface area contributed by atoms with E-state index in [9.17, 15) is 9.59 Å². The molecule has 0 aliphatic heterocycles. The van der Waals surface area contributed by atoms with Gasteiger partial charge in [-0.1, -0.05) is 6.08 Å². The Kier molecular flexibility index (Phi) is 4.65. The number of nitrogens with one attached hydrogen (secondary N) is 2. The van der Waals surface area contributed by atoms with Crippen molar-refractivity contribution in [3.8, 4) is 0 Å². The fourth-order valence-corrected chi connectivity index (χ4v) is 1.75. The molecule has 1 aromatic rings. The van der Waals surface area contributed by atoms with Gasteiger partial charge in [-0.3, -0.25) is 5.32 Å². The molecular formula is C10H13N3O3S. The third kappa shape index (κ3) is 4.23. The number of aryl methyl sites for hydroxylation is 1. The van der Waals surface area contributed by atoms with Gasteiger partial charge in [0.2, 0.25) is 0 Å². The summed E-state index contributed by atoms with van der Waals surface area (Å²) in [6, 6.07) is -1.57. The molecule has 1 aromatic heterocycles. The van der Waals surface area contributed by atoms with Gasteiger partial charge in [-0.2, -0.15) is 0 Å². The highest BCUT2D eigenvalue weighted by atomic mass is 32.1.